The lowest BCUT2D eigenvalue weighted by atomic mass is 9.79. The summed E-state index contributed by atoms with van der Waals surface area (Å²) in [6.07, 6.45) is 0. The van der Waals surface area contributed by atoms with Crippen LogP contribution in [0.1, 0.15) is 25.0 Å². The maximum Gasteiger partial charge on any atom is 0.0619 e. The first-order valence-electron chi connectivity index (χ1n) is 21.1. The van der Waals surface area contributed by atoms with Gasteiger partial charge in [-0.05, 0) is 113 Å². The summed E-state index contributed by atoms with van der Waals surface area (Å²) in [6, 6.07) is 75.1. The summed E-state index contributed by atoms with van der Waals surface area (Å²) in [5.74, 6) is 0. The second-order valence-electron chi connectivity index (χ2n) is 17.1. The predicted molar refractivity (Wildman–Crippen MR) is 254 cm³/mol. The van der Waals surface area contributed by atoms with E-state index < -0.39 is 0 Å². The Morgan fingerprint density at radius 1 is 0.300 bits per heavy atom. The lowest BCUT2D eigenvalue weighted by Crippen LogP contribution is -2.14. The summed E-state index contributed by atoms with van der Waals surface area (Å²) in [6.45, 7) is 4.76. The van der Waals surface area contributed by atoms with Crippen LogP contribution in [0.2, 0.25) is 0 Å². The number of benzene rings is 10. The van der Waals surface area contributed by atoms with E-state index in [0.717, 1.165) is 0 Å². The highest BCUT2D eigenvalue weighted by Crippen LogP contribution is 2.53. The molecule has 11 aromatic rings. The Balaban J connectivity index is 1.12. The number of rotatable bonds is 2. The van der Waals surface area contributed by atoms with E-state index >= 15 is 0 Å². The second-order valence-corrected chi connectivity index (χ2v) is 17.1. The molecule has 0 atom stereocenters. The molecule has 0 N–H and O–H groups in total. The third kappa shape index (κ3) is 4.47. The second kappa shape index (κ2) is 12.3. The Kier molecular flexibility index (Phi) is 6.85. The highest BCUT2D eigenvalue weighted by molar-refractivity contribution is 6.21. The fourth-order valence-electron chi connectivity index (χ4n) is 11.1. The average Bonchev–Trinajstić information content (AvgIpc) is 3.74. The quantitative estimate of drug-likeness (QED) is 0.155. The van der Waals surface area contributed by atoms with Gasteiger partial charge < -0.3 is 4.57 Å². The first kappa shape index (κ1) is 33.5. The normalized spacial score (nSPS) is 13.3. The van der Waals surface area contributed by atoms with E-state index in [9.17, 15) is 0 Å². The molecule has 2 aliphatic rings. The van der Waals surface area contributed by atoms with Crippen LogP contribution in [-0.4, -0.2) is 4.57 Å². The van der Waals surface area contributed by atoms with Gasteiger partial charge in [-0.2, -0.15) is 0 Å². The van der Waals surface area contributed by atoms with Gasteiger partial charge >= 0.3 is 0 Å². The topological polar surface area (TPSA) is 4.93 Å². The van der Waals surface area contributed by atoms with Gasteiger partial charge in [-0.3, -0.25) is 0 Å². The van der Waals surface area contributed by atoms with Gasteiger partial charge in [0.25, 0.3) is 0 Å². The highest BCUT2D eigenvalue weighted by Gasteiger charge is 2.36. The van der Waals surface area contributed by atoms with Gasteiger partial charge in [0.05, 0.1) is 16.7 Å². The highest BCUT2D eigenvalue weighted by atomic mass is 15.0. The molecule has 1 aromatic heterocycles. The van der Waals surface area contributed by atoms with E-state index in [4.69, 9.17) is 0 Å². The molecule has 0 saturated carbocycles. The summed E-state index contributed by atoms with van der Waals surface area (Å²) in [5.41, 5.74) is 21.6. The Morgan fingerprint density at radius 2 is 0.750 bits per heavy atom. The van der Waals surface area contributed by atoms with Gasteiger partial charge in [0.15, 0.2) is 0 Å². The molecule has 280 valence electrons. The van der Waals surface area contributed by atoms with E-state index in [0.29, 0.717) is 0 Å². The molecule has 1 heterocycles. The van der Waals surface area contributed by atoms with Crippen molar-refractivity contribution in [3.8, 4) is 72.4 Å². The smallest absolute Gasteiger partial charge is 0.0619 e. The fraction of sp³-hybridized carbons (Fsp3) is 0.0508. The number of fused-ring (bicyclic) bond motifs is 16. The maximum atomic E-state index is 2.57. The number of hydrogen-bond acceptors (Lipinski definition) is 0. The van der Waals surface area contributed by atoms with Crippen LogP contribution in [0.3, 0.4) is 0 Å². The van der Waals surface area contributed by atoms with E-state index in [1.165, 1.54) is 127 Å². The minimum Gasteiger partial charge on any atom is -0.308 e. The van der Waals surface area contributed by atoms with Crippen LogP contribution >= 0.6 is 0 Å². The number of hydrogen-bond donors (Lipinski definition) is 0. The number of para-hydroxylation sites is 1. The molecule has 60 heavy (non-hydrogen) atoms. The Hall–Kier alpha value is -7.48. The van der Waals surface area contributed by atoms with Gasteiger partial charge in [-0.1, -0.05) is 190 Å². The van der Waals surface area contributed by atoms with Gasteiger partial charge in [0, 0.05) is 27.0 Å². The standard InChI is InChI=1S/C59H39N/c1-59(2)53-29-15-13-23-44(53)51-35-56-52(34-54(51)59)45-24-14-16-30-55(45)60(56)58-48-27-11-9-25-46(48)57(47-26-10-12-28-49(47)58)36-31-32-43-41-21-6-5-19-39(41)37-17-3-4-18-38(37)40-20-7-8-22-42(40)50(43)33-36/h3-35H,1-2H3. The molecule has 0 saturated heterocycles. The average molecular weight is 762 g/mol. The number of aromatic nitrogens is 1. The summed E-state index contributed by atoms with van der Waals surface area (Å²) in [7, 11) is 0. The van der Waals surface area contributed by atoms with E-state index in [2.05, 4.69) is 219 Å². The van der Waals surface area contributed by atoms with Crippen molar-refractivity contribution in [3.05, 3.63) is 211 Å². The molecule has 10 aromatic carbocycles. The lowest BCUT2D eigenvalue weighted by Gasteiger charge is -2.24. The molecule has 0 fully saturated rings. The summed E-state index contributed by atoms with van der Waals surface area (Å²) in [5, 5.41) is 7.54. The molecule has 13 rings (SSSR count). The monoisotopic (exact) mass is 761 g/mol. The Morgan fingerprint density at radius 3 is 1.33 bits per heavy atom. The largest absolute Gasteiger partial charge is 0.308 e. The minimum absolute atomic E-state index is 0.0800. The van der Waals surface area contributed by atoms with Crippen LogP contribution in [0.5, 0.6) is 0 Å². The molecule has 1 heteroatoms. The van der Waals surface area contributed by atoms with E-state index in [-0.39, 0.29) is 5.41 Å². The molecule has 1 nitrogen and oxygen atoms in total. The van der Waals surface area contributed by atoms with Gasteiger partial charge in [-0.15, -0.1) is 0 Å². The Labute approximate surface area is 349 Å². The van der Waals surface area contributed by atoms with Crippen molar-refractivity contribution in [1.82, 2.24) is 4.57 Å². The molecular formula is C59H39N. The zero-order valence-electron chi connectivity index (χ0n) is 33.5. The van der Waals surface area contributed by atoms with Gasteiger partial charge in [0.1, 0.15) is 0 Å². The molecule has 0 unspecified atom stereocenters. The summed E-state index contributed by atoms with van der Waals surface area (Å²) in [4.78, 5) is 0. The van der Waals surface area contributed by atoms with Crippen molar-refractivity contribution in [3.63, 3.8) is 0 Å². The zero-order chi connectivity index (χ0) is 39.7. The third-order valence-corrected chi connectivity index (χ3v) is 13.8. The zero-order valence-corrected chi connectivity index (χ0v) is 33.5. The van der Waals surface area contributed by atoms with Crippen LogP contribution in [0.4, 0.5) is 0 Å². The Bertz CT molecular complexity index is 3570. The third-order valence-electron chi connectivity index (χ3n) is 13.8. The maximum absolute atomic E-state index is 2.57. The first-order valence-corrected chi connectivity index (χ1v) is 21.1. The van der Waals surface area contributed by atoms with Crippen molar-refractivity contribution in [2.24, 2.45) is 0 Å². The van der Waals surface area contributed by atoms with Crippen molar-refractivity contribution in [1.29, 1.82) is 0 Å². The van der Waals surface area contributed by atoms with Crippen molar-refractivity contribution < 1.29 is 0 Å². The molecule has 0 amide bonds. The van der Waals surface area contributed by atoms with Crippen LogP contribution in [0.25, 0.3) is 116 Å². The summed E-state index contributed by atoms with van der Waals surface area (Å²) >= 11 is 0. The minimum atomic E-state index is -0.0800. The molecule has 2 aliphatic carbocycles. The van der Waals surface area contributed by atoms with Gasteiger partial charge in [0.2, 0.25) is 0 Å². The van der Waals surface area contributed by atoms with E-state index in [1.54, 1.807) is 0 Å². The van der Waals surface area contributed by atoms with Crippen molar-refractivity contribution >= 4 is 43.4 Å². The van der Waals surface area contributed by atoms with Crippen LogP contribution < -0.4 is 0 Å². The van der Waals surface area contributed by atoms with Gasteiger partial charge in [-0.25, -0.2) is 0 Å². The van der Waals surface area contributed by atoms with Crippen LogP contribution in [-0.2, 0) is 5.41 Å². The van der Waals surface area contributed by atoms with Crippen molar-refractivity contribution in [2.75, 3.05) is 0 Å². The van der Waals surface area contributed by atoms with Crippen molar-refractivity contribution in [2.45, 2.75) is 19.3 Å². The number of nitrogens with zero attached hydrogens (tertiary/aromatic N) is 1. The lowest BCUT2D eigenvalue weighted by molar-refractivity contribution is 0.661. The predicted octanol–water partition coefficient (Wildman–Crippen LogP) is 16.0. The molecular weight excluding hydrogens is 723 g/mol. The first-order chi connectivity index (χ1) is 29.6. The van der Waals surface area contributed by atoms with E-state index in [1.807, 2.05) is 0 Å². The summed E-state index contributed by atoms with van der Waals surface area (Å²) < 4.78 is 2.57. The molecule has 0 spiro atoms. The van der Waals surface area contributed by atoms with Crippen LogP contribution in [0, 0.1) is 0 Å². The van der Waals surface area contributed by atoms with Crippen LogP contribution in [0.15, 0.2) is 200 Å². The molecule has 0 radical (unpaired) electrons. The molecule has 0 aliphatic heterocycles. The SMILES string of the molecule is CC1(C)c2ccccc2-c2cc3c(cc21)c1ccccc1n3-c1c2ccccc2c(-c2ccc3c(c2)-c2ccccc2-c2ccccc2-c2ccccc2-3)c2ccccc12. The molecule has 0 bridgehead atoms. The fourth-order valence-corrected chi connectivity index (χ4v) is 11.1.